The predicted octanol–water partition coefficient (Wildman–Crippen LogP) is 4.13. The van der Waals surface area contributed by atoms with Gasteiger partial charge in [-0.2, -0.15) is 0 Å². The number of aryl methyl sites for hydroxylation is 2. The van der Waals surface area contributed by atoms with Crippen molar-refractivity contribution in [3.63, 3.8) is 0 Å². The van der Waals surface area contributed by atoms with Crippen LogP contribution in [0.1, 0.15) is 27.9 Å². The lowest BCUT2D eigenvalue weighted by Gasteiger charge is -2.11. The van der Waals surface area contributed by atoms with Gasteiger partial charge in [0, 0.05) is 42.4 Å². The summed E-state index contributed by atoms with van der Waals surface area (Å²) >= 11 is 1.68. The number of hydrogen-bond donors (Lipinski definition) is 1. The Labute approximate surface area is 153 Å². The molecule has 0 aliphatic rings. The molecule has 1 N–H and O–H groups in total. The average Bonchev–Trinajstić information content (AvgIpc) is 2.58. The molecule has 132 valence electrons. The summed E-state index contributed by atoms with van der Waals surface area (Å²) in [6, 6.07) is 13.3. The lowest BCUT2D eigenvalue weighted by molar-refractivity contribution is -0.115. The molecule has 5 heteroatoms. The van der Waals surface area contributed by atoms with Gasteiger partial charge in [-0.25, -0.2) is 0 Å². The van der Waals surface area contributed by atoms with Crippen molar-refractivity contribution in [3.05, 3.63) is 59.2 Å². The standard InChI is InChI=1S/C20H24N2O2S/c1-14-5-10-18(13-15(14)2)25-12-11-19(23)21-17-8-6-16(7-9-17)20(24)22(3)4/h5-10,13H,11-12H2,1-4H3,(H,21,23). The molecule has 0 saturated carbocycles. The summed E-state index contributed by atoms with van der Waals surface area (Å²) in [4.78, 5) is 26.6. The number of anilines is 1. The van der Waals surface area contributed by atoms with Gasteiger partial charge in [-0.3, -0.25) is 9.59 Å². The first kappa shape index (κ1) is 19.1. The topological polar surface area (TPSA) is 49.4 Å². The Hall–Kier alpha value is -2.27. The van der Waals surface area contributed by atoms with Crippen LogP contribution in [0.25, 0.3) is 0 Å². The molecule has 0 aliphatic heterocycles. The van der Waals surface area contributed by atoms with Crippen LogP contribution in [0.15, 0.2) is 47.4 Å². The number of carbonyl (C=O) groups is 2. The molecular weight excluding hydrogens is 332 g/mol. The molecule has 0 radical (unpaired) electrons. The second-order valence-electron chi connectivity index (χ2n) is 6.17. The predicted molar refractivity (Wildman–Crippen MR) is 104 cm³/mol. The van der Waals surface area contributed by atoms with Gasteiger partial charge in [0.05, 0.1) is 0 Å². The molecule has 2 aromatic carbocycles. The maximum absolute atomic E-state index is 12.1. The van der Waals surface area contributed by atoms with E-state index in [1.807, 2.05) is 0 Å². The highest BCUT2D eigenvalue weighted by atomic mass is 32.2. The molecule has 0 aromatic heterocycles. The van der Waals surface area contributed by atoms with Crippen LogP contribution in [-0.2, 0) is 4.79 Å². The molecule has 4 nitrogen and oxygen atoms in total. The normalized spacial score (nSPS) is 10.4. The van der Waals surface area contributed by atoms with Crippen molar-refractivity contribution >= 4 is 29.3 Å². The van der Waals surface area contributed by atoms with E-state index in [0.717, 1.165) is 5.75 Å². The van der Waals surface area contributed by atoms with Crippen LogP contribution >= 0.6 is 11.8 Å². The molecule has 25 heavy (non-hydrogen) atoms. The summed E-state index contributed by atoms with van der Waals surface area (Å²) in [6.45, 7) is 4.19. The maximum Gasteiger partial charge on any atom is 0.253 e. The molecule has 2 rings (SSSR count). The zero-order valence-electron chi connectivity index (χ0n) is 15.1. The number of hydrogen-bond acceptors (Lipinski definition) is 3. The molecule has 0 saturated heterocycles. The number of nitrogens with zero attached hydrogens (tertiary/aromatic N) is 1. The van der Waals surface area contributed by atoms with E-state index in [4.69, 9.17) is 0 Å². The first-order chi connectivity index (χ1) is 11.9. The minimum atomic E-state index is -0.0531. The van der Waals surface area contributed by atoms with E-state index in [-0.39, 0.29) is 11.8 Å². The Balaban J connectivity index is 1.81. The molecular formula is C20H24N2O2S. The monoisotopic (exact) mass is 356 g/mol. The Morgan fingerprint density at radius 3 is 2.28 bits per heavy atom. The SMILES string of the molecule is Cc1ccc(SCCC(=O)Nc2ccc(C(=O)N(C)C)cc2)cc1C. The van der Waals surface area contributed by atoms with Gasteiger partial charge in [0.15, 0.2) is 0 Å². The zero-order chi connectivity index (χ0) is 18.4. The van der Waals surface area contributed by atoms with Crippen LogP contribution < -0.4 is 5.32 Å². The summed E-state index contributed by atoms with van der Waals surface area (Å²) < 4.78 is 0. The van der Waals surface area contributed by atoms with Gasteiger partial charge in [-0.15, -0.1) is 11.8 Å². The van der Waals surface area contributed by atoms with E-state index in [0.29, 0.717) is 17.7 Å². The van der Waals surface area contributed by atoms with Crippen LogP contribution in [-0.4, -0.2) is 36.6 Å². The molecule has 0 heterocycles. The number of amides is 2. The quantitative estimate of drug-likeness (QED) is 0.792. The van der Waals surface area contributed by atoms with E-state index in [1.165, 1.54) is 20.9 Å². The average molecular weight is 356 g/mol. The molecule has 0 aliphatic carbocycles. The van der Waals surface area contributed by atoms with Crippen molar-refractivity contribution in [3.8, 4) is 0 Å². The second kappa shape index (κ2) is 8.72. The highest BCUT2D eigenvalue weighted by Gasteiger charge is 2.08. The van der Waals surface area contributed by atoms with Crippen molar-refractivity contribution in [1.29, 1.82) is 0 Å². The molecule has 0 unspecified atom stereocenters. The van der Waals surface area contributed by atoms with Crippen molar-refractivity contribution < 1.29 is 9.59 Å². The van der Waals surface area contributed by atoms with Gasteiger partial charge in [-0.1, -0.05) is 6.07 Å². The third kappa shape index (κ3) is 5.64. The van der Waals surface area contributed by atoms with Crippen molar-refractivity contribution in [2.45, 2.75) is 25.2 Å². The maximum atomic E-state index is 12.1. The van der Waals surface area contributed by atoms with Gasteiger partial charge >= 0.3 is 0 Å². The number of thioether (sulfide) groups is 1. The Kier molecular flexibility index (Phi) is 6.65. The van der Waals surface area contributed by atoms with Gasteiger partial charge in [0.1, 0.15) is 0 Å². The fourth-order valence-corrected chi connectivity index (χ4v) is 3.19. The van der Waals surface area contributed by atoms with Gasteiger partial charge in [0.25, 0.3) is 5.91 Å². The van der Waals surface area contributed by atoms with E-state index in [1.54, 1.807) is 50.1 Å². The van der Waals surface area contributed by atoms with Crippen LogP contribution in [0.2, 0.25) is 0 Å². The minimum Gasteiger partial charge on any atom is -0.345 e. The van der Waals surface area contributed by atoms with E-state index in [2.05, 4.69) is 37.4 Å². The Morgan fingerprint density at radius 1 is 1.00 bits per heavy atom. The van der Waals surface area contributed by atoms with E-state index < -0.39 is 0 Å². The highest BCUT2D eigenvalue weighted by Crippen LogP contribution is 2.22. The third-order valence-corrected chi connectivity index (χ3v) is 4.89. The fraction of sp³-hybridized carbons (Fsp3) is 0.300. The van der Waals surface area contributed by atoms with Crippen LogP contribution in [0.5, 0.6) is 0 Å². The summed E-state index contributed by atoms with van der Waals surface area (Å²) in [7, 11) is 3.43. The lowest BCUT2D eigenvalue weighted by atomic mass is 10.1. The van der Waals surface area contributed by atoms with Crippen LogP contribution in [0, 0.1) is 13.8 Å². The Bertz CT molecular complexity index is 755. The van der Waals surface area contributed by atoms with Gasteiger partial charge < -0.3 is 10.2 Å². The first-order valence-corrected chi connectivity index (χ1v) is 9.17. The number of carbonyl (C=O) groups excluding carboxylic acids is 2. The number of nitrogens with one attached hydrogen (secondary N) is 1. The summed E-state index contributed by atoms with van der Waals surface area (Å²) in [5.41, 5.74) is 3.85. The van der Waals surface area contributed by atoms with Crippen molar-refractivity contribution in [1.82, 2.24) is 4.90 Å². The number of benzene rings is 2. The molecule has 0 fully saturated rings. The van der Waals surface area contributed by atoms with Gasteiger partial charge in [-0.05, 0) is 61.4 Å². The fourth-order valence-electron chi connectivity index (χ4n) is 2.24. The van der Waals surface area contributed by atoms with Gasteiger partial charge in [0.2, 0.25) is 5.91 Å². The minimum absolute atomic E-state index is 0.0250. The largest absolute Gasteiger partial charge is 0.345 e. The number of rotatable bonds is 6. The highest BCUT2D eigenvalue weighted by molar-refractivity contribution is 7.99. The van der Waals surface area contributed by atoms with E-state index in [9.17, 15) is 9.59 Å². The van der Waals surface area contributed by atoms with Crippen molar-refractivity contribution in [2.75, 3.05) is 25.2 Å². The molecule has 0 bridgehead atoms. The van der Waals surface area contributed by atoms with E-state index >= 15 is 0 Å². The summed E-state index contributed by atoms with van der Waals surface area (Å²) in [5, 5.41) is 2.87. The van der Waals surface area contributed by atoms with Crippen LogP contribution in [0.3, 0.4) is 0 Å². The third-order valence-electron chi connectivity index (χ3n) is 3.90. The molecule has 0 atom stereocenters. The van der Waals surface area contributed by atoms with Crippen LogP contribution in [0.4, 0.5) is 5.69 Å². The summed E-state index contributed by atoms with van der Waals surface area (Å²) in [5.74, 6) is 0.650. The van der Waals surface area contributed by atoms with Crippen molar-refractivity contribution in [2.24, 2.45) is 0 Å². The second-order valence-corrected chi connectivity index (χ2v) is 7.34. The smallest absolute Gasteiger partial charge is 0.253 e. The summed E-state index contributed by atoms with van der Waals surface area (Å²) in [6.07, 6.45) is 0.440. The molecule has 0 spiro atoms. The Morgan fingerprint density at radius 2 is 1.68 bits per heavy atom. The lowest BCUT2D eigenvalue weighted by Crippen LogP contribution is -2.21. The zero-order valence-corrected chi connectivity index (χ0v) is 15.9. The molecule has 2 aromatic rings. The molecule has 2 amide bonds. The first-order valence-electron chi connectivity index (χ1n) is 8.18.